The number of hydrogen-bond donors (Lipinski definition) is 1. The Morgan fingerprint density at radius 3 is 2.65 bits per heavy atom. The van der Waals surface area contributed by atoms with Gasteiger partial charge in [0.05, 0.1) is 17.3 Å². The highest BCUT2D eigenvalue weighted by atomic mass is 35.5. The van der Waals surface area contributed by atoms with Gasteiger partial charge in [0.1, 0.15) is 17.7 Å². The van der Waals surface area contributed by atoms with Crippen molar-refractivity contribution in [3.05, 3.63) is 56.8 Å². The summed E-state index contributed by atoms with van der Waals surface area (Å²) in [6.07, 6.45) is -0.312. The number of rotatable bonds is 1. The van der Waals surface area contributed by atoms with Crippen molar-refractivity contribution in [3.8, 4) is 5.75 Å². The minimum absolute atomic E-state index is 0.0582. The molecule has 1 heterocycles. The molecule has 0 fully saturated rings. The summed E-state index contributed by atoms with van der Waals surface area (Å²) in [7, 11) is 0. The Kier molecular flexibility index (Phi) is 3.67. The Morgan fingerprint density at radius 2 is 1.90 bits per heavy atom. The molecule has 3 rings (SSSR count). The van der Waals surface area contributed by atoms with Crippen LogP contribution < -0.4 is 10.1 Å². The zero-order valence-corrected chi connectivity index (χ0v) is 12.4. The third-order valence-electron chi connectivity index (χ3n) is 3.08. The molecule has 0 amide bonds. The lowest BCUT2D eigenvalue weighted by atomic mass is 10.1. The van der Waals surface area contributed by atoms with E-state index >= 15 is 0 Å². The standard InChI is InChI=1S/C14H9Cl3FNO/c15-7-1-2-8(9(16)3-7)14-6-19-12-4-10(17)11(18)5-13(12)20-14/h1-5,14,19H,6H2. The van der Waals surface area contributed by atoms with Crippen LogP contribution in [0.3, 0.4) is 0 Å². The summed E-state index contributed by atoms with van der Waals surface area (Å²) >= 11 is 17.8. The van der Waals surface area contributed by atoms with E-state index in [1.807, 2.05) is 0 Å². The predicted molar refractivity (Wildman–Crippen MR) is 79.7 cm³/mol. The summed E-state index contributed by atoms with van der Waals surface area (Å²) in [4.78, 5) is 0. The molecule has 2 aromatic carbocycles. The molecule has 104 valence electrons. The molecule has 1 aliphatic heterocycles. The fraction of sp³-hybridized carbons (Fsp3) is 0.143. The molecule has 20 heavy (non-hydrogen) atoms. The lowest BCUT2D eigenvalue weighted by Crippen LogP contribution is -2.24. The number of fused-ring (bicyclic) bond motifs is 1. The summed E-state index contributed by atoms with van der Waals surface area (Å²) in [5.41, 5.74) is 1.46. The molecule has 0 aromatic heterocycles. The monoisotopic (exact) mass is 331 g/mol. The maximum Gasteiger partial charge on any atom is 0.146 e. The predicted octanol–water partition coefficient (Wildman–Crippen LogP) is 5.33. The first kappa shape index (κ1) is 13.8. The number of nitrogens with one attached hydrogen (secondary N) is 1. The fourth-order valence-corrected chi connectivity index (χ4v) is 2.79. The highest BCUT2D eigenvalue weighted by molar-refractivity contribution is 6.35. The normalized spacial score (nSPS) is 17.1. The summed E-state index contributed by atoms with van der Waals surface area (Å²) in [6.45, 7) is 0.510. The first-order chi connectivity index (χ1) is 9.54. The molecule has 0 radical (unpaired) electrons. The van der Waals surface area contributed by atoms with Crippen LogP contribution in [0.25, 0.3) is 0 Å². The van der Waals surface area contributed by atoms with E-state index in [2.05, 4.69) is 5.32 Å². The van der Waals surface area contributed by atoms with Gasteiger partial charge in [0.15, 0.2) is 0 Å². The Balaban J connectivity index is 1.93. The van der Waals surface area contributed by atoms with Gasteiger partial charge in [-0.15, -0.1) is 0 Å². The topological polar surface area (TPSA) is 21.3 Å². The van der Waals surface area contributed by atoms with Crippen LogP contribution in [0.4, 0.5) is 10.1 Å². The second-order valence-corrected chi connectivity index (χ2v) is 5.67. The highest BCUT2D eigenvalue weighted by Gasteiger charge is 2.24. The van der Waals surface area contributed by atoms with Crippen LogP contribution in [0.15, 0.2) is 30.3 Å². The van der Waals surface area contributed by atoms with Crippen LogP contribution in [0.1, 0.15) is 11.7 Å². The van der Waals surface area contributed by atoms with Crippen molar-refractivity contribution >= 4 is 40.5 Å². The van der Waals surface area contributed by atoms with Gasteiger partial charge in [-0.1, -0.05) is 40.9 Å². The first-order valence-corrected chi connectivity index (χ1v) is 7.02. The van der Waals surface area contributed by atoms with E-state index in [1.54, 1.807) is 18.2 Å². The van der Waals surface area contributed by atoms with Crippen LogP contribution in [-0.4, -0.2) is 6.54 Å². The lowest BCUT2D eigenvalue weighted by Gasteiger charge is -2.28. The van der Waals surface area contributed by atoms with E-state index in [0.717, 1.165) is 5.56 Å². The maximum atomic E-state index is 13.5. The van der Waals surface area contributed by atoms with Crippen LogP contribution in [-0.2, 0) is 0 Å². The first-order valence-electron chi connectivity index (χ1n) is 5.89. The van der Waals surface area contributed by atoms with Crippen LogP contribution in [0.5, 0.6) is 5.75 Å². The van der Waals surface area contributed by atoms with Gasteiger partial charge in [-0.25, -0.2) is 4.39 Å². The smallest absolute Gasteiger partial charge is 0.146 e. The molecule has 1 aliphatic rings. The van der Waals surface area contributed by atoms with Gasteiger partial charge < -0.3 is 10.1 Å². The molecule has 0 saturated carbocycles. The molecule has 0 spiro atoms. The maximum absolute atomic E-state index is 13.5. The molecule has 2 nitrogen and oxygen atoms in total. The SMILES string of the molecule is Fc1cc2c(cc1Cl)NCC(c1ccc(Cl)cc1Cl)O2. The van der Waals surface area contributed by atoms with Crippen molar-refractivity contribution in [1.29, 1.82) is 0 Å². The van der Waals surface area contributed by atoms with Gasteiger partial charge in [-0.05, 0) is 18.2 Å². The molecule has 1 N–H and O–H groups in total. The third-order valence-corrected chi connectivity index (χ3v) is 3.93. The van der Waals surface area contributed by atoms with Gasteiger partial charge in [0.25, 0.3) is 0 Å². The molecule has 1 unspecified atom stereocenters. The van der Waals surface area contributed by atoms with Gasteiger partial charge in [-0.2, -0.15) is 0 Å². The van der Waals surface area contributed by atoms with Crippen LogP contribution in [0.2, 0.25) is 15.1 Å². The molecular weight excluding hydrogens is 324 g/mol. The quantitative estimate of drug-likeness (QED) is 0.762. The minimum atomic E-state index is -0.518. The molecule has 0 aliphatic carbocycles. The number of anilines is 1. The average Bonchev–Trinajstić information content (AvgIpc) is 2.40. The van der Waals surface area contributed by atoms with Crippen molar-refractivity contribution < 1.29 is 9.13 Å². The minimum Gasteiger partial charge on any atom is -0.482 e. The van der Waals surface area contributed by atoms with Crippen LogP contribution >= 0.6 is 34.8 Å². The second kappa shape index (κ2) is 5.32. The van der Waals surface area contributed by atoms with E-state index in [0.29, 0.717) is 28.0 Å². The van der Waals surface area contributed by atoms with Gasteiger partial charge in [0, 0.05) is 21.7 Å². The Morgan fingerprint density at radius 1 is 1.10 bits per heavy atom. The van der Waals surface area contributed by atoms with E-state index in [4.69, 9.17) is 39.5 Å². The highest BCUT2D eigenvalue weighted by Crippen LogP contribution is 2.39. The summed E-state index contributed by atoms with van der Waals surface area (Å²) in [5, 5.41) is 4.28. The summed E-state index contributed by atoms with van der Waals surface area (Å²) < 4.78 is 19.3. The Bertz CT molecular complexity index is 678. The molecule has 0 saturated heterocycles. The van der Waals surface area contributed by atoms with Crippen molar-refractivity contribution in [2.45, 2.75) is 6.10 Å². The molecular formula is C14H9Cl3FNO. The third kappa shape index (κ3) is 2.53. The number of ether oxygens (including phenoxy) is 1. The van der Waals surface area contributed by atoms with Crippen molar-refractivity contribution in [2.75, 3.05) is 11.9 Å². The number of halogens is 4. The van der Waals surface area contributed by atoms with Crippen molar-refractivity contribution in [3.63, 3.8) is 0 Å². The number of benzene rings is 2. The Labute approximate surface area is 130 Å². The van der Waals surface area contributed by atoms with E-state index in [-0.39, 0.29) is 11.1 Å². The van der Waals surface area contributed by atoms with Gasteiger partial charge in [0.2, 0.25) is 0 Å². The van der Waals surface area contributed by atoms with Crippen molar-refractivity contribution in [1.82, 2.24) is 0 Å². The molecule has 0 bridgehead atoms. The lowest BCUT2D eigenvalue weighted by molar-refractivity contribution is 0.209. The zero-order chi connectivity index (χ0) is 14.3. The van der Waals surface area contributed by atoms with Crippen molar-refractivity contribution in [2.24, 2.45) is 0 Å². The van der Waals surface area contributed by atoms with Crippen LogP contribution in [0, 0.1) is 5.82 Å². The Hall–Kier alpha value is -1.16. The second-order valence-electron chi connectivity index (χ2n) is 4.42. The van der Waals surface area contributed by atoms with E-state index < -0.39 is 5.82 Å². The van der Waals surface area contributed by atoms with E-state index in [1.165, 1.54) is 12.1 Å². The van der Waals surface area contributed by atoms with Gasteiger partial charge >= 0.3 is 0 Å². The molecule has 6 heteroatoms. The summed E-state index contributed by atoms with van der Waals surface area (Å²) in [6, 6.07) is 7.96. The largest absolute Gasteiger partial charge is 0.482 e. The van der Waals surface area contributed by atoms with E-state index in [9.17, 15) is 4.39 Å². The molecule has 1 atom stereocenters. The number of hydrogen-bond acceptors (Lipinski definition) is 2. The zero-order valence-electron chi connectivity index (χ0n) is 10.1. The summed E-state index contributed by atoms with van der Waals surface area (Å²) in [5.74, 6) is -0.107. The average molecular weight is 333 g/mol. The molecule has 2 aromatic rings. The fourth-order valence-electron chi connectivity index (χ4n) is 2.10. The van der Waals surface area contributed by atoms with Gasteiger partial charge in [-0.3, -0.25) is 0 Å².